The third-order valence-electron chi connectivity index (χ3n) is 3.97. The molecular formula is C16H21N5O2S. The number of thiocarbonyl (C=S) groups is 1. The van der Waals surface area contributed by atoms with Gasteiger partial charge >= 0.3 is 0 Å². The maximum atomic E-state index is 12.6. The normalized spacial score (nSPS) is 15.4. The highest BCUT2D eigenvalue weighted by Gasteiger charge is 2.11. The fraction of sp³-hybridized carbons (Fsp3) is 0.438. The number of aryl methyl sites for hydroxylation is 1. The van der Waals surface area contributed by atoms with Crippen LogP contribution in [0.4, 0.5) is 0 Å². The summed E-state index contributed by atoms with van der Waals surface area (Å²) in [5, 5.41) is 4.10. The van der Waals surface area contributed by atoms with Crippen LogP contribution in [0.5, 0.6) is 0 Å². The van der Waals surface area contributed by atoms with Crippen molar-refractivity contribution in [1.29, 1.82) is 0 Å². The van der Waals surface area contributed by atoms with E-state index in [2.05, 4.69) is 20.6 Å². The molecule has 0 aliphatic carbocycles. The van der Waals surface area contributed by atoms with Crippen LogP contribution in [0.25, 0.3) is 10.9 Å². The number of nitrogens with zero attached hydrogens (tertiary/aromatic N) is 3. The Balaban J connectivity index is 1.61. The highest BCUT2D eigenvalue weighted by molar-refractivity contribution is 7.80. The van der Waals surface area contributed by atoms with Gasteiger partial charge in [0.05, 0.1) is 24.1 Å². The van der Waals surface area contributed by atoms with E-state index in [1.807, 2.05) is 18.2 Å². The van der Waals surface area contributed by atoms with E-state index in [0.717, 1.165) is 32.8 Å². The first kappa shape index (κ1) is 16.8. The topological polar surface area (TPSA) is 71.4 Å². The van der Waals surface area contributed by atoms with Crippen LogP contribution in [0.15, 0.2) is 29.1 Å². The van der Waals surface area contributed by atoms with Crippen LogP contribution in [0.2, 0.25) is 0 Å². The molecule has 1 aliphatic rings. The monoisotopic (exact) mass is 347 g/mol. The van der Waals surface area contributed by atoms with Gasteiger partial charge in [-0.15, -0.1) is 0 Å². The van der Waals surface area contributed by atoms with Gasteiger partial charge in [0.1, 0.15) is 5.82 Å². The quantitative estimate of drug-likeness (QED) is 0.779. The van der Waals surface area contributed by atoms with Crippen molar-refractivity contribution in [1.82, 2.24) is 19.9 Å². The molecule has 0 radical (unpaired) electrons. The minimum atomic E-state index is -0.157. The molecule has 8 heteroatoms. The summed E-state index contributed by atoms with van der Waals surface area (Å²) in [6, 6.07) is 7.28. The zero-order chi connectivity index (χ0) is 16.9. The summed E-state index contributed by atoms with van der Waals surface area (Å²) in [6.07, 6.45) is 0. The number of aromatic nitrogens is 2. The number of benzene rings is 1. The van der Waals surface area contributed by atoms with E-state index in [0.29, 0.717) is 28.4 Å². The third-order valence-corrected chi connectivity index (χ3v) is 4.21. The lowest BCUT2D eigenvalue weighted by Gasteiger charge is -2.26. The first-order valence-corrected chi connectivity index (χ1v) is 8.39. The molecule has 2 heterocycles. The van der Waals surface area contributed by atoms with Gasteiger partial charge < -0.3 is 10.1 Å². The number of morpholine rings is 1. The molecule has 2 N–H and O–H groups in total. The predicted molar refractivity (Wildman–Crippen MR) is 98.0 cm³/mol. The van der Waals surface area contributed by atoms with Gasteiger partial charge in [-0.1, -0.05) is 12.1 Å². The Morgan fingerprint density at radius 1 is 1.33 bits per heavy atom. The Bertz CT molecular complexity index is 786. The van der Waals surface area contributed by atoms with Gasteiger partial charge in [0.15, 0.2) is 5.11 Å². The maximum absolute atomic E-state index is 12.6. The zero-order valence-corrected chi connectivity index (χ0v) is 14.4. The van der Waals surface area contributed by atoms with E-state index in [-0.39, 0.29) is 5.56 Å². The fourth-order valence-electron chi connectivity index (χ4n) is 2.67. The number of para-hydroxylation sites is 1. The van der Waals surface area contributed by atoms with Crippen molar-refractivity contribution in [3.05, 3.63) is 40.4 Å². The number of nitrogens with one attached hydrogen (secondary N) is 2. The number of hydrogen-bond acceptors (Lipinski definition) is 5. The van der Waals surface area contributed by atoms with E-state index in [4.69, 9.17) is 17.0 Å². The number of ether oxygens (including phenoxy) is 1. The molecule has 0 unspecified atom stereocenters. The summed E-state index contributed by atoms with van der Waals surface area (Å²) in [4.78, 5) is 19.3. The molecule has 3 rings (SSSR count). The van der Waals surface area contributed by atoms with Crippen LogP contribution < -0.4 is 16.3 Å². The molecule has 1 aromatic carbocycles. The third kappa shape index (κ3) is 3.89. The summed E-state index contributed by atoms with van der Waals surface area (Å²) in [5.74, 6) is 0.566. The summed E-state index contributed by atoms with van der Waals surface area (Å²) in [7, 11) is 0. The summed E-state index contributed by atoms with van der Waals surface area (Å²) in [5.41, 5.74) is 3.45. The van der Waals surface area contributed by atoms with Gasteiger partial charge in [0.2, 0.25) is 0 Å². The Labute approximate surface area is 145 Å². The zero-order valence-electron chi connectivity index (χ0n) is 13.6. The second-order valence-corrected chi connectivity index (χ2v) is 6.05. The van der Waals surface area contributed by atoms with E-state index in [9.17, 15) is 4.79 Å². The van der Waals surface area contributed by atoms with E-state index in [1.165, 1.54) is 4.68 Å². The van der Waals surface area contributed by atoms with Gasteiger partial charge in [0.25, 0.3) is 5.56 Å². The van der Waals surface area contributed by atoms with Crippen LogP contribution in [-0.4, -0.2) is 59.1 Å². The first-order valence-electron chi connectivity index (χ1n) is 7.98. The van der Waals surface area contributed by atoms with E-state index in [1.54, 1.807) is 13.0 Å². The Morgan fingerprint density at radius 3 is 2.88 bits per heavy atom. The van der Waals surface area contributed by atoms with Crippen molar-refractivity contribution in [2.75, 3.05) is 44.8 Å². The highest BCUT2D eigenvalue weighted by Crippen LogP contribution is 2.06. The van der Waals surface area contributed by atoms with Crippen molar-refractivity contribution in [3.8, 4) is 0 Å². The summed E-state index contributed by atoms with van der Waals surface area (Å²) < 4.78 is 6.70. The summed E-state index contributed by atoms with van der Waals surface area (Å²) >= 11 is 5.29. The van der Waals surface area contributed by atoms with Gasteiger partial charge in [0, 0.05) is 26.2 Å². The molecule has 0 atom stereocenters. The summed E-state index contributed by atoms with van der Waals surface area (Å²) in [6.45, 7) is 6.80. The average Bonchev–Trinajstić information content (AvgIpc) is 2.59. The van der Waals surface area contributed by atoms with Gasteiger partial charge in [-0.3, -0.25) is 15.1 Å². The molecule has 0 bridgehead atoms. The van der Waals surface area contributed by atoms with Crippen molar-refractivity contribution in [3.63, 3.8) is 0 Å². The maximum Gasteiger partial charge on any atom is 0.280 e. The number of rotatable bonds is 4. The molecular weight excluding hydrogens is 326 g/mol. The van der Waals surface area contributed by atoms with Crippen molar-refractivity contribution >= 4 is 28.2 Å². The smallest absolute Gasteiger partial charge is 0.280 e. The fourth-order valence-corrected chi connectivity index (χ4v) is 2.86. The second kappa shape index (κ2) is 7.69. The molecule has 0 amide bonds. The first-order chi connectivity index (χ1) is 11.6. The van der Waals surface area contributed by atoms with Gasteiger partial charge in [-0.2, -0.15) is 0 Å². The Hall–Kier alpha value is -2.03. The molecule has 1 aromatic heterocycles. The van der Waals surface area contributed by atoms with Crippen molar-refractivity contribution < 1.29 is 4.74 Å². The molecule has 128 valence electrons. The lowest BCUT2D eigenvalue weighted by Crippen LogP contribution is -2.45. The minimum Gasteiger partial charge on any atom is -0.379 e. The van der Waals surface area contributed by atoms with Gasteiger partial charge in [-0.25, -0.2) is 9.66 Å². The Morgan fingerprint density at radius 2 is 2.08 bits per heavy atom. The highest BCUT2D eigenvalue weighted by atomic mass is 32.1. The molecule has 2 aromatic rings. The molecule has 0 saturated carbocycles. The molecule has 1 fully saturated rings. The molecule has 1 saturated heterocycles. The standard InChI is InChI=1S/C16H21N5O2S/c1-12-18-14-5-3-2-4-13(14)15(22)21(12)19-16(24)17-6-7-20-8-10-23-11-9-20/h2-5H,6-11H2,1H3,(H2,17,19,24). The van der Waals surface area contributed by atoms with Gasteiger partial charge in [-0.05, 0) is 31.3 Å². The number of hydrogen-bond donors (Lipinski definition) is 2. The average molecular weight is 347 g/mol. The van der Waals surface area contributed by atoms with Crippen molar-refractivity contribution in [2.24, 2.45) is 0 Å². The molecule has 0 spiro atoms. The molecule has 24 heavy (non-hydrogen) atoms. The lowest BCUT2D eigenvalue weighted by molar-refractivity contribution is 0.0389. The molecule has 1 aliphatic heterocycles. The largest absolute Gasteiger partial charge is 0.379 e. The predicted octanol–water partition coefficient (Wildman–Crippen LogP) is 0.455. The van der Waals surface area contributed by atoms with Crippen LogP contribution in [-0.2, 0) is 4.74 Å². The van der Waals surface area contributed by atoms with E-state index >= 15 is 0 Å². The number of fused-ring (bicyclic) bond motifs is 1. The second-order valence-electron chi connectivity index (χ2n) is 5.64. The van der Waals surface area contributed by atoms with E-state index < -0.39 is 0 Å². The van der Waals surface area contributed by atoms with Crippen molar-refractivity contribution in [2.45, 2.75) is 6.92 Å². The SMILES string of the molecule is Cc1nc2ccccc2c(=O)n1NC(=S)NCCN1CCOCC1. The molecule has 7 nitrogen and oxygen atoms in total. The minimum absolute atomic E-state index is 0.157. The van der Waals surface area contributed by atoms with Crippen LogP contribution >= 0.6 is 12.2 Å². The van der Waals surface area contributed by atoms with Crippen LogP contribution in [0, 0.1) is 6.92 Å². The van der Waals surface area contributed by atoms with Crippen LogP contribution in [0.3, 0.4) is 0 Å². The van der Waals surface area contributed by atoms with Crippen LogP contribution in [0.1, 0.15) is 5.82 Å². The lowest BCUT2D eigenvalue weighted by atomic mass is 10.2. The Kier molecular flexibility index (Phi) is 5.39.